The fourth-order valence-corrected chi connectivity index (χ4v) is 2.24. The van der Waals surface area contributed by atoms with Gasteiger partial charge in [0, 0.05) is 12.0 Å². The molecule has 0 amide bonds. The zero-order valence-corrected chi connectivity index (χ0v) is 10.7. The van der Waals surface area contributed by atoms with Gasteiger partial charge in [-0.05, 0) is 30.2 Å². The third-order valence-corrected chi connectivity index (χ3v) is 2.96. The Labute approximate surface area is 103 Å². The van der Waals surface area contributed by atoms with Crippen LogP contribution in [0.3, 0.4) is 0 Å². The van der Waals surface area contributed by atoms with Crippen molar-refractivity contribution in [3.8, 4) is 5.75 Å². The van der Waals surface area contributed by atoms with Gasteiger partial charge in [0.05, 0.1) is 20.3 Å². The Morgan fingerprint density at radius 1 is 1.18 bits per heavy atom. The minimum atomic E-state index is -0.555. The highest BCUT2D eigenvalue weighted by Gasteiger charge is 2.38. The smallest absolute Gasteiger partial charge is 0.195 e. The molecule has 1 aromatic carbocycles. The molecule has 0 N–H and O–H groups in total. The van der Waals surface area contributed by atoms with Crippen molar-refractivity contribution in [2.45, 2.75) is 26.1 Å². The first-order valence-corrected chi connectivity index (χ1v) is 6.09. The minimum absolute atomic E-state index is 0.523. The lowest BCUT2D eigenvalue weighted by Gasteiger charge is -2.29. The van der Waals surface area contributed by atoms with E-state index in [9.17, 15) is 0 Å². The summed E-state index contributed by atoms with van der Waals surface area (Å²) >= 11 is 0. The second-order valence-corrected chi connectivity index (χ2v) is 4.78. The van der Waals surface area contributed by atoms with Crippen molar-refractivity contribution >= 4 is 0 Å². The Kier molecular flexibility index (Phi) is 3.69. The third-order valence-electron chi connectivity index (χ3n) is 2.96. The molecule has 1 fully saturated rings. The van der Waals surface area contributed by atoms with Gasteiger partial charge in [0.2, 0.25) is 0 Å². The van der Waals surface area contributed by atoms with Gasteiger partial charge in [0.1, 0.15) is 5.75 Å². The van der Waals surface area contributed by atoms with E-state index in [4.69, 9.17) is 14.2 Å². The van der Waals surface area contributed by atoms with Crippen LogP contribution in [0.5, 0.6) is 5.75 Å². The summed E-state index contributed by atoms with van der Waals surface area (Å²) in [7, 11) is 1.67. The van der Waals surface area contributed by atoms with E-state index in [1.807, 2.05) is 24.3 Å². The van der Waals surface area contributed by atoms with Crippen molar-refractivity contribution in [3.05, 3.63) is 29.8 Å². The monoisotopic (exact) mass is 236 g/mol. The summed E-state index contributed by atoms with van der Waals surface area (Å²) in [5.41, 5.74) is 1.07. The predicted molar refractivity (Wildman–Crippen MR) is 66.0 cm³/mol. The zero-order valence-electron chi connectivity index (χ0n) is 10.7. The maximum absolute atomic E-state index is 5.85. The van der Waals surface area contributed by atoms with Gasteiger partial charge in [-0.3, -0.25) is 0 Å². The molecule has 17 heavy (non-hydrogen) atoms. The Morgan fingerprint density at radius 2 is 1.76 bits per heavy atom. The van der Waals surface area contributed by atoms with Gasteiger partial charge in [-0.2, -0.15) is 0 Å². The van der Waals surface area contributed by atoms with E-state index < -0.39 is 5.79 Å². The van der Waals surface area contributed by atoms with Gasteiger partial charge >= 0.3 is 0 Å². The molecular formula is C14H20O3. The molecule has 0 aliphatic carbocycles. The van der Waals surface area contributed by atoms with Crippen LogP contribution >= 0.6 is 0 Å². The lowest BCUT2D eigenvalue weighted by Crippen LogP contribution is -2.29. The Morgan fingerprint density at radius 3 is 2.24 bits per heavy atom. The fourth-order valence-electron chi connectivity index (χ4n) is 2.24. The molecule has 0 spiro atoms. The van der Waals surface area contributed by atoms with Crippen LogP contribution in [0, 0.1) is 5.92 Å². The lowest BCUT2D eigenvalue weighted by atomic mass is 9.95. The summed E-state index contributed by atoms with van der Waals surface area (Å²) in [6.45, 7) is 5.68. The standard InChI is InChI=1S/C14H20O3/c1-11(2)10-14(16-8-9-17-14)12-4-6-13(15-3)7-5-12/h4-7,11H,8-10H2,1-3H3. The molecule has 1 aromatic rings. The first-order valence-electron chi connectivity index (χ1n) is 6.09. The molecule has 1 heterocycles. The van der Waals surface area contributed by atoms with E-state index in [-0.39, 0.29) is 0 Å². The average Bonchev–Trinajstić information content (AvgIpc) is 2.78. The second kappa shape index (κ2) is 5.07. The molecule has 3 heteroatoms. The van der Waals surface area contributed by atoms with Crippen molar-refractivity contribution in [2.24, 2.45) is 5.92 Å². The number of ether oxygens (including phenoxy) is 3. The van der Waals surface area contributed by atoms with E-state index in [0.717, 1.165) is 17.7 Å². The van der Waals surface area contributed by atoms with Gasteiger partial charge in [0.25, 0.3) is 0 Å². The molecule has 0 aromatic heterocycles. The average molecular weight is 236 g/mol. The zero-order chi connectivity index (χ0) is 12.3. The van der Waals surface area contributed by atoms with Crippen LogP contribution in [0.15, 0.2) is 24.3 Å². The number of hydrogen-bond donors (Lipinski definition) is 0. The van der Waals surface area contributed by atoms with Crippen LogP contribution in [0.25, 0.3) is 0 Å². The summed E-state index contributed by atoms with van der Waals surface area (Å²) in [6, 6.07) is 7.93. The summed E-state index contributed by atoms with van der Waals surface area (Å²) in [4.78, 5) is 0. The number of methoxy groups -OCH3 is 1. The molecule has 0 atom stereocenters. The summed E-state index contributed by atoms with van der Waals surface area (Å²) in [5, 5.41) is 0. The first-order chi connectivity index (χ1) is 8.16. The van der Waals surface area contributed by atoms with Crippen molar-refractivity contribution in [3.63, 3.8) is 0 Å². The Bertz CT molecular complexity index is 350. The minimum Gasteiger partial charge on any atom is -0.497 e. The molecule has 0 radical (unpaired) electrons. The highest BCUT2D eigenvalue weighted by Crippen LogP contribution is 2.37. The Balaban J connectivity index is 2.25. The van der Waals surface area contributed by atoms with E-state index in [1.54, 1.807) is 7.11 Å². The molecule has 94 valence electrons. The van der Waals surface area contributed by atoms with Gasteiger partial charge in [-0.1, -0.05) is 13.8 Å². The quantitative estimate of drug-likeness (QED) is 0.804. The summed E-state index contributed by atoms with van der Waals surface area (Å²) < 4.78 is 16.9. The molecule has 2 rings (SSSR count). The molecule has 1 aliphatic heterocycles. The van der Waals surface area contributed by atoms with Crippen LogP contribution in [-0.4, -0.2) is 20.3 Å². The van der Waals surface area contributed by atoms with E-state index in [1.165, 1.54) is 0 Å². The van der Waals surface area contributed by atoms with E-state index in [2.05, 4.69) is 13.8 Å². The molecule has 3 nitrogen and oxygen atoms in total. The molecule has 1 saturated heterocycles. The third kappa shape index (κ3) is 2.61. The predicted octanol–water partition coefficient (Wildman–Crippen LogP) is 2.94. The van der Waals surface area contributed by atoms with Crippen LogP contribution in [0.4, 0.5) is 0 Å². The number of benzene rings is 1. The molecule has 0 saturated carbocycles. The molecule has 0 bridgehead atoms. The lowest BCUT2D eigenvalue weighted by molar-refractivity contribution is -0.177. The van der Waals surface area contributed by atoms with Crippen LogP contribution < -0.4 is 4.74 Å². The molecular weight excluding hydrogens is 216 g/mol. The van der Waals surface area contributed by atoms with Gasteiger partial charge in [0.15, 0.2) is 5.79 Å². The van der Waals surface area contributed by atoms with E-state index >= 15 is 0 Å². The summed E-state index contributed by atoms with van der Waals surface area (Å²) in [6.07, 6.45) is 0.874. The van der Waals surface area contributed by atoms with Crippen molar-refractivity contribution in [1.82, 2.24) is 0 Å². The first kappa shape index (κ1) is 12.4. The highest BCUT2D eigenvalue weighted by atomic mass is 16.7. The van der Waals surface area contributed by atoms with Crippen molar-refractivity contribution < 1.29 is 14.2 Å². The van der Waals surface area contributed by atoms with Crippen LogP contribution in [0.2, 0.25) is 0 Å². The molecule has 0 unspecified atom stereocenters. The second-order valence-electron chi connectivity index (χ2n) is 4.78. The summed E-state index contributed by atoms with van der Waals surface area (Å²) in [5.74, 6) is 0.821. The number of hydrogen-bond acceptors (Lipinski definition) is 3. The van der Waals surface area contributed by atoms with Gasteiger partial charge in [-0.15, -0.1) is 0 Å². The largest absolute Gasteiger partial charge is 0.497 e. The molecule has 1 aliphatic rings. The normalized spacial score (nSPS) is 18.6. The van der Waals surface area contributed by atoms with Crippen LogP contribution in [0.1, 0.15) is 25.8 Å². The maximum atomic E-state index is 5.85. The van der Waals surface area contributed by atoms with Crippen molar-refractivity contribution in [2.75, 3.05) is 20.3 Å². The van der Waals surface area contributed by atoms with Crippen LogP contribution in [-0.2, 0) is 15.3 Å². The number of rotatable bonds is 4. The van der Waals surface area contributed by atoms with Gasteiger partial charge < -0.3 is 14.2 Å². The fraction of sp³-hybridized carbons (Fsp3) is 0.571. The highest BCUT2D eigenvalue weighted by molar-refractivity contribution is 5.30. The van der Waals surface area contributed by atoms with Crippen molar-refractivity contribution in [1.29, 1.82) is 0 Å². The SMILES string of the molecule is COc1ccc(C2(CC(C)C)OCCO2)cc1. The van der Waals surface area contributed by atoms with Gasteiger partial charge in [-0.25, -0.2) is 0 Å². The van der Waals surface area contributed by atoms with E-state index in [0.29, 0.717) is 19.1 Å². The topological polar surface area (TPSA) is 27.7 Å². The maximum Gasteiger partial charge on any atom is 0.195 e. The Hall–Kier alpha value is -1.06.